The number of nitrogens with two attached hydrogens (primary N) is 1. The lowest BCUT2D eigenvalue weighted by atomic mass is 10.1. The van der Waals surface area contributed by atoms with Gasteiger partial charge in [-0.1, -0.05) is 12.1 Å². The SMILES string of the molecule is CC(C)(C)OC(=O)NCc1cccc(N2CC(CS(N)(=O)=O)CC2=O)c1. The predicted molar refractivity (Wildman–Crippen MR) is 97.9 cm³/mol. The van der Waals surface area contributed by atoms with Gasteiger partial charge in [-0.05, 0) is 38.5 Å². The van der Waals surface area contributed by atoms with Gasteiger partial charge < -0.3 is 15.0 Å². The van der Waals surface area contributed by atoms with Gasteiger partial charge in [0.15, 0.2) is 0 Å². The Balaban J connectivity index is 2.00. The molecule has 0 aromatic heterocycles. The summed E-state index contributed by atoms with van der Waals surface area (Å²) in [5, 5.41) is 7.73. The fraction of sp³-hybridized carbons (Fsp3) is 0.529. The fourth-order valence-corrected chi connectivity index (χ4v) is 3.67. The molecule has 1 aromatic carbocycles. The van der Waals surface area contributed by atoms with Gasteiger partial charge >= 0.3 is 6.09 Å². The van der Waals surface area contributed by atoms with Gasteiger partial charge in [0.25, 0.3) is 0 Å². The number of anilines is 1. The van der Waals surface area contributed by atoms with Crippen LogP contribution in [0.5, 0.6) is 0 Å². The summed E-state index contributed by atoms with van der Waals surface area (Å²) in [6.07, 6.45) is -0.370. The van der Waals surface area contributed by atoms with Crippen molar-refractivity contribution in [3.63, 3.8) is 0 Å². The summed E-state index contributed by atoms with van der Waals surface area (Å²) in [6.45, 7) is 5.90. The van der Waals surface area contributed by atoms with E-state index in [1.54, 1.807) is 43.9 Å². The van der Waals surface area contributed by atoms with Gasteiger partial charge in [-0.2, -0.15) is 0 Å². The Hall–Kier alpha value is -2.13. The molecule has 2 rings (SSSR count). The van der Waals surface area contributed by atoms with Crippen molar-refractivity contribution in [1.29, 1.82) is 0 Å². The number of carbonyl (C=O) groups excluding carboxylic acids is 2. The van der Waals surface area contributed by atoms with Crippen molar-refractivity contribution in [1.82, 2.24) is 5.32 Å². The zero-order chi connectivity index (χ0) is 19.5. The van der Waals surface area contributed by atoms with Crippen LogP contribution in [0.2, 0.25) is 0 Å². The van der Waals surface area contributed by atoms with Crippen LogP contribution in [0.4, 0.5) is 10.5 Å². The molecule has 144 valence electrons. The summed E-state index contributed by atoms with van der Waals surface area (Å²) in [5.41, 5.74) is 0.887. The van der Waals surface area contributed by atoms with Crippen molar-refractivity contribution in [2.75, 3.05) is 17.2 Å². The quantitative estimate of drug-likeness (QED) is 0.795. The van der Waals surface area contributed by atoms with E-state index in [4.69, 9.17) is 9.88 Å². The van der Waals surface area contributed by atoms with E-state index in [9.17, 15) is 18.0 Å². The minimum atomic E-state index is -3.62. The largest absolute Gasteiger partial charge is 0.444 e. The number of hydrogen-bond acceptors (Lipinski definition) is 5. The number of nitrogens with one attached hydrogen (secondary N) is 1. The van der Waals surface area contributed by atoms with Crippen molar-refractivity contribution in [3.05, 3.63) is 29.8 Å². The van der Waals surface area contributed by atoms with Crippen molar-refractivity contribution in [2.24, 2.45) is 11.1 Å². The number of hydrogen-bond donors (Lipinski definition) is 2. The second-order valence-corrected chi connectivity index (χ2v) is 9.09. The maximum Gasteiger partial charge on any atom is 0.407 e. The molecule has 1 aliphatic rings. The Labute approximate surface area is 153 Å². The predicted octanol–water partition coefficient (Wildman–Crippen LogP) is 1.35. The average molecular weight is 383 g/mol. The van der Waals surface area contributed by atoms with Crippen LogP contribution in [0.1, 0.15) is 32.8 Å². The molecule has 0 saturated carbocycles. The highest BCUT2D eigenvalue weighted by Gasteiger charge is 2.32. The molecule has 1 saturated heterocycles. The summed E-state index contributed by atoms with van der Waals surface area (Å²) in [6, 6.07) is 7.16. The van der Waals surface area contributed by atoms with Gasteiger partial charge in [-0.25, -0.2) is 18.4 Å². The molecule has 1 aliphatic heterocycles. The van der Waals surface area contributed by atoms with E-state index in [-0.39, 0.29) is 30.5 Å². The zero-order valence-corrected chi connectivity index (χ0v) is 16.0. The van der Waals surface area contributed by atoms with E-state index in [2.05, 4.69) is 5.32 Å². The molecule has 26 heavy (non-hydrogen) atoms. The Morgan fingerprint density at radius 2 is 2.08 bits per heavy atom. The highest BCUT2D eigenvalue weighted by molar-refractivity contribution is 7.89. The van der Waals surface area contributed by atoms with Crippen LogP contribution in [0.25, 0.3) is 0 Å². The smallest absolute Gasteiger partial charge is 0.407 e. The van der Waals surface area contributed by atoms with Crippen LogP contribution in [0.3, 0.4) is 0 Å². The number of carbonyl (C=O) groups is 2. The molecular weight excluding hydrogens is 358 g/mol. The minimum absolute atomic E-state index is 0.143. The lowest BCUT2D eigenvalue weighted by Crippen LogP contribution is -2.32. The van der Waals surface area contributed by atoms with E-state index < -0.39 is 21.7 Å². The van der Waals surface area contributed by atoms with Crippen LogP contribution in [0.15, 0.2) is 24.3 Å². The Morgan fingerprint density at radius 3 is 2.69 bits per heavy atom. The van der Waals surface area contributed by atoms with Crippen LogP contribution in [-0.4, -0.2) is 38.3 Å². The molecule has 3 N–H and O–H groups in total. The summed E-state index contributed by atoms with van der Waals surface area (Å²) in [4.78, 5) is 25.5. The number of benzene rings is 1. The van der Waals surface area contributed by atoms with E-state index in [0.29, 0.717) is 12.2 Å². The lowest BCUT2D eigenvalue weighted by molar-refractivity contribution is -0.117. The number of rotatable bonds is 5. The highest BCUT2D eigenvalue weighted by Crippen LogP contribution is 2.26. The first-order valence-electron chi connectivity index (χ1n) is 8.29. The minimum Gasteiger partial charge on any atom is -0.444 e. The third-order valence-electron chi connectivity index (χ3n) is 3.73. The molecule has 0 radical (unpaired) electrons. The highest BCUT2D eigenvalue weighted by atomic mass is 32.2. The van der Waals surface area contributed by atoms with Gasteiger partial charge in [-0.3, -0.25) is 4.79 Å². The molecule has 1 atom stereocenters. The van der Waals surface area contributed by atoms with Crippen LogP contribution in [0, 0.1) is 5.92 Å². The molecule has 2 amide bonds. The summed E-state index contributed by atoms with van der Waals surface area (Å²) in [5.74, 6) is -0.674. The van der Waals surface area contributed by atoms with E-state index in [1.807, 2.05) is 6.07 Å². The fourth-order valence-electron chi connectivity index (χ4n) is 2.79. The van der Waals surface area contributed by atoms with Gasteiger partial charge in [-0.15, -0.1) is 0 Å². The number of sulfonamides is 1. The van der Waals surface area contributed by atoms with Gasteiger partial charge in [0, 0.05) is 31.1 Å². The number of alkyl carbamates (subject to hydrolysis) is 1. The maximum absolute atomic E-state index is 12.2. The van der Waals surface area contributed by atoms with Crippen molar-refractivity contribution >= 4 is 27.7 Å². The van der Waals surface area contributed by atoms with Gasteiger partial charge in [0.05, 0.1) is 5.75 Å². The molecule has 1 heterocycles. The maximum atomic E-state index is 12.2. The molecule has 1 unspecified atom stereocenters. The third-order valence-corrected chi connectivity index (χ3v) is 4.67. The number of nitrogens with zero attached hydrogens (tertiary/aromatic N) is 1. The lowest BCUT2D eigenvalue weighted by Gasteiger charge is -2.20. The summed E-state index contributed by atoms with van der Waals surface area (Å²) >= 11 is 0. The Morgan fingerprint density at radius 1 is 1.38 bits per heavy atom. The summed E-state index contributed by atoms with van der Waals surface area (Å²) < 4.78 is 27.7. The van der Waals surface area contributed by atoms with E-state index in [0.717, 1.165) is 5.56 Å². The van der Waals surface area contributed by atoms with Crippen molar-refractivity contribution < 1.29 is 22.7 Å². The van der Waals surface area contributed by atoms with Gasteiger partial charge in [0.2, 0.25) is 15.9 Å². The first-order valence-corrected chi connectivity index (χ1v) is 10.0. The average Bonchev–Trinajstić information content (AvgIpc) is 2.82. The molecular formula is C17H25N3O5S. The first-order chi connectivity index (χ1) is 11.9. The summed E-state index contributed by atoms with van der Waals surface area (Å²) in [7, 11) is -3.62. The standard InChI is InChI=1S/C17H25N3O5S/c1-17(2,3)25-16(22)19-9-12-5-4-6-14(7-12)20-10-13(8-15(20)21)11-26(18,23)24/h4-7,13H,8-11H2,1-3H3,(H,19,22)(H2,18,23,24). The first kappa shape index (κ1) is 20.2. The molecule has 0 aliphatic carbocycles. The third kappa shape index (κ3) is 6.30. The molecule has 1 aromatic rings. The second-order valence-electron chi connectivity index (χ2n) is 7.43. The Bertz CT molecular complexity index is 786. The number of primary sulfonamides is 1. The van der Waals surface area contributed by atoms with Gasteiger partial charge in [0.1, 0.15) is 5.60 Å². The van der Waals surface area contributed by atoms with Crippen LogP contribution in [-0.2, 0) is 26.1 Å². The molecule has 8 nitrogen and oxygen atoms in total. The second kappa shape index (κ2) is 7.63. The molecule has 9 heteroatoms. The molecule has 0 spiro atoms. The van der Waals surface area contributed by atoms with E-state index >= 15 is 0 Å². The number of amides is 2. The monoisotopic (exact) mass is 383 g/mol. The Kier molecular flexibility index (Phi) is 5.92. The topological polar surface area (TPSA) is 119 Å². The van der Waals surface area contributed by atoms with Crippen molar-refractivity contribution in [3.8, 4) is 0 Å². The van der Waals surface area contributed by atoms with Crippen molar-refractivity contribution in [2.45, 2.75) is 39.3 Å². The molecule has 1 fully saturated rings. The zero-order valence-electron chi connectivity index (χ0n) is 15.2. The van der Waals surface area contributed by atoms with Crippen LogP contribution < -0.4 is 15.4 Å². The van der Waals surface area contributed by atoms with E-state index in [1.165, 1.54) is 0 Å². The number of ether oxygens (including phenoxy) is 1. The normalized spacial score (nSPS) is 18.1. The molecule has 0 bridgehead atoms. The van der Waals surface area contributed by atoms with Crippen LogP contribution >= 0.6 is 0 Å².